The highest BCUT2D eigenvalue weighted by Gasteiger charge is 2.28. The third kappa shape index (κ3) is 4.09. The van der Waals surface area contributed by atoms with Gasteiger partial charge in [-0.25, -0.2) is 4.98 Å². The fourth-order valence-corrected chi connectivity index (χ4v) is 4.25. The minimum atomic E-state index is -0.258. The summed E-state index contributed by atoms with van der Waals surface area (Å²) in [6.07, 6.45) is 3.56. The highest BCUT2D eigenvalue weighted by Crippen LogP contribution is 2.43. The number of aromatic hydroxyl groups is 1. The Balaban J connectivity index is 2.15. The van der Waals surface area contributed by atoms with Crippen LogP contribution in [0.1, 0.15) is 52.7 Å². The maximum absolute atomic E-state index is 11.3. The monoisotopic (exact) mass is 459 g/mol. The fourth-order valence-electron chi connectivity index (χ4n) is 4.25. The van der Waals surface area contributed by atoms with Crippen molar-refractivity contribution in [3.8, 4) is 34.3 Å². The molecule has 0 amide bonds. The molecule has 0 aliphatic carbocycles. The number of hydrogen-bond acceptors (Lipinski definition) is 5. The molecule has 0 saturated heterocycles. The second kappa shape index (κ2) is 8.35. The molecule has 34 heavy (non-hydrogen) atoms. The van der Waals surface area contributed by atoms with E-state index in [1.165, 1.54) is 0 Å². The summed E-state index contributed by atoms with van der Waals surface area (Å²) in [7, 11) is 3.25. The molecular weight excluding hydrogens is 426 g/mol. The van der Waals surface area contributed by atoms with E-state index in [-0.39, 0.29) is 10.8 Å². The molecule has 6 heteroatoms. The lowest BCUT2D eigenvalue weighted by molar-refractivity contribution is 0.355. The summed E-state index contributed by atoms with van der Waals surface area (Å²) in [5, 5.41) is 11.3. The summed E-state index contributed by atoms with van der Waals surface area (Å²) in [4.78, 5) is 9.29. The molecular formula is C28H33N3O3. The van der Waals surface area contributed by atoms with Crippen LogP contribution in [0.4, 0.5) is 0 Å². The number of phenolic OH excluding ortho intramolecular Hbond substituents is 1. The molecule has 0 spiro atoms. The van der Waals surface area contributed by atoms with Crippen LogP contribution in [0.2, 0.25) is 0 Å². The largest absolute Gasteiger partial charge is 0.507 e. The number of imidazole rings is 1. The quantitative estimate of drug-likeness (QED) is 0.382. The van der Waals surface area contributed by atoms with E-state index in [4.69, 9.17) is 14.5 Å². The number of aromatic nitrogens is 3. The van der Waals surface area contributed by atoms with Crippen LogP contribution in [-0.2, 0) is 10.8 Å². The number of ether oxygens (including phenoxy) is 2. The van der Waals surface area contributed by atoms with E-state index >= 15 is 0 Å². The molecule has 0 radical (unpaired) electrons. The zero-order valence-corrected chi connectivity index (χ0v) is 21.2. The molecule has 6 nitrogen and oxygen atoms in total. The minimum absolute atomic E-state index is 0.258. The van der Waals surface area contributed by atoms with E-state index in [2.05, 4.69) is 63.2 Å². The van der Waals surface area contributed by atoms with Crippen molar-refractivity contribution in [1.29, 1.82) is 0 Å². The van der Waals surface area contributed by atoms with Crippen LogP contribution in [0.15, 0.2) is 48.8 Å². The Morgan fingerprint density at radius 2 is 1.44 bits per heavy atom. The van der Waals surface area contributed by atoms with E-state index in [0.29, 0.717) is 17.2 Å². The average Bonchev–Trinajstić information content (AvgIpc) is 3.15. The van der Waals surface area contributed by atoms with Crippen LogP contribution in [-0.4, -0.2) is 33.9 Å². The van der Waals surface area contributed by atoms with Gasteiger partial charge in [0, 0.05) is 46.9 Å². The molecule has 2 heterocycles. The van der Waals surface area contributed by atoms with E-state index in [1.807, 2.05) is 30.5 Å². The van der Waals surface area contributed by atoms with Crippen molar-refractivity contribution in [2.45, 2.75) is 52.4 Å². The Bertz CT molecular complexity index is 1310. The van der Waals surface area contributed by atoms with Crippen LogP contribution in [0, 0.1) is 0 Å². The normalized spacial score (nSPS) is 12.2. The zero-order chi connectivity index (χ0) is 24.8. The number of fused-ring (bicyclic) bond motifs is 1. The minimum Gasteiger partial charge on any atom is -0.507 e. The first-order valence-electron chi connectivity index (χ1n) is 11.4. The van der Waals surface area contributed by atoms with Gasteiger partial charge >= 0.3 is 0 Å². The number of nitrogens with zero attached hydrogens (tertiary/aromatic N) is 3. The number of benzene rings is 2. The van der Waals surface area contributed by atoms with Gasteiger partial charge in [-0.05, 0) is 35.1 Å². The van der Waals surface area contributed by atoms with E-state index in [9.17, 15) is 5.11 Å². The van der Waals surface area contributed by atoms with E-state index in [0.717, 1.165) is 39.2 Å². The number of phenols is 1. The summed E-state index contributed by atoms with van der Waals surface area (Å²) < 4.78 is 13.2. The fraction of sp³-hybridized carbons (Fsp3) is 0.357. The molecule has 178 valence electrons. The smallest absolute Gasteiger partial charge is 0.163 e. The summed E-state index contributed by atoms with van der Waals surface area (Å²) in [5.41, 5.74) is 4.71. The van der Waals surface area contributed by atoms with Crippen molar-refractivity contribution in [2.24, 2.45) is 0 Å². The number of rotatable bonds is 4. The van der Waals surface area contributed by atoms with Crippen molar-refractivity contribution in [3.63, 3.8) is 0 Å². The maximum Gasteiger partial charge on any atom is 0.163 e. The second-order valence-corrected chi connectivity index (χ2v) is 10.6. The van der Waals surface area contributed by atoms with Gasteiger partial charge in [0.1, 0.15) is 11.6 Å². The summed E-state index contributed by atoms with van der Waals surface area (Å²) in [6, 6.07) is 11.8. The Morgan fingerprint density at radius 1 is 0.853 bits per heavy atom. The second-order valence-electron chi connectivity index (χ2n) is 10.6. The average molecular weight is 460 g/mol. The van der Waals surface area contributed by atoms with Crippen molar-refractivity contribution in [3.05, 3.63) is 59.9 Å². The van der Waals surface area contributed by atoms with Crippen molar-refractivity contribution >= 4 is 11.0 Å². The maximum atomic E-state index is 11.3. The van der Waals surface area contributed by atoms with Gasteiger partial charge in [0.25, 0.3) is 0 Å². The van der Waals surface area contributed by atoms with Crippen LogP contribution in [0.5, 0.6) is 17.2 Å². The summed E-state index contributed by atoms with van der Waals surface area (Å²) in [5.74, 6) is 2.34. The van der Waals surface area contributed by atoms with Crippen LogP contribution in [0.25, 0.3) is 28.1 Å². The van der Waals surface area contributed by atoms with E-state index in [1.54, 1.807) is 20.4 Å². The topological polar surface area (TPSA) is 69.4 Å². The lowest BCUT2D eigenvalue weighted by atomic mass is 9.79. The Morgan fingerprint density at radius 3 is 1.94 bits per heavy atom. The SMILES string of the molecule is COc1cc2nc(-c3cccnc3)n(-c3cc(C(C)(C)C)c(O)c(C(C)(C)C)c3)c2cc1OC. The highest BCUT2D eigenvalue weighted by molar-refractivity contribution is 5.86. The molecule has 0 aliphatic rings. The lowest BCUT2D eigenvalue weighted by Gasteiger charge is -2.28. The van der Waals surface area contributed by atoms with Crippen molar-refractivity contribution in [2.75, 3.05) is 14.2 Å². The molecule has 4 aromatic rings. The molecule has 0 aliphatic heterocycles. The predicted octanol–water partition coefficient (Wildman–Crippen LogP) is 6.41. The molecule has 2 aromatic heterocycles. The Labute approximate surface area is 201 Å². The van der Waals surface area contributed by atoms with Crippen LogP contribution < -0.4 is 9.47 Å². The Kier molecular flexibility index (Phi) is 5.80. The lowest BCUT2D eigenvalue weighted by Crippen LogP contribution is -2.18. The highest BCUT2D eigenvalue weighted by atomic mass is 16.5. The molecule has 2 aromatic carbocycles. The molecule has 4 rings (SSSR count). The molecule has 0 saturated carbocycles. The molecule has 0 unspecified atom stereocenters. The van der Waals surface area contributed by atoms with Gasteiger partial charge in [0.15, 0.2) is 11.5 Å². The molecule has 0 bridgehead atoms. The number of hydrogen-bond donors (Lipinski definition) is 1. The van der Waals surface area contributed by atoms with Crippen LogP contribution in [0.3, 0.4) is 0 Å². The molecule has 1 N–H and O–H groups in total. The molecule has 0 fully saturated rings. The van der Waals surface area contributed by atoms with Crippen molar-refractivity contribution < 1.29 is 14.6 Å². The molecule has 0 atom stereocenters. The van der Waals surface area contributed by atoms with Crippen molar-refractivity contribution in [1.82, 2.24) is 14.5 Å². The van der Waals surface area contributed by atoms with Crippen LogP contribution >= 0.6 is 0 Å². The van der Waals surface area contributed by atoms with Gasteiger partial charge in [-0.2, -0.15) is 0 Å². The Hall–Kier alpha value is -3.54. The zero-order valence-electron chi connectivity index (χ0n) is 21.2. The third-order valence-electron chi connectivity index (χ3n) is 6.05. The first-order chi connectivity index (χ1) is 16.0. The first kappa shape index (κ1) is 23.6. The van der Waals surface area contributed by atoms with Gasteiger partial charge in [-0.3, -0.25) is 9.55 Å². The van der Waals surface area contributed by atoms with Gasteiger partial charge in [0.2, 0.25) is 0 Å². The predicted molar refractivity (Wildman–Crippen MR) is 136 cm³/mol. The standard InChI is InChI=1S/C28H33N3O3/c1-27(2,3)19-12-18(13-20(25(19)32)28(4,5)6)31-22-15-24(34-8)23(33-7)14-21(22)30-26(31)17-10-9-11-29-16-17/h9-16,32H,1-8H3. The van der Waals surface area contributed by atoms with Gasteiger partial charge in [-0.1, -0.05) is 41.5 Å². The third-order valence-corrected chi connectivity index (χ3v) is 6.05. The van der Waals surface area contributed by atoms with E-state index < -0.39 is 0 Å². The van der Waals surface area contributed by atoms with Gasteiger partial charge in [-0.15, -0.1) is 0 Å². The summed E-state index contributed by atoms with van der Waals surface area (Å²) >= 11 is 0. The number of methoxy groups -OCH3 is 2. The van der Waals surface area contributed by atoms with Gasteiger partial charge in [0.05, 0.1) is 25.3 Å². The first-order valence-corrected chi connectivity index (χ1v) is 11.4. The number of pyridine rings is 1. The van der Waals surface area contributed by atoms with Gasteiger partial charge < -0.3 is 14.6 Å². The summed E-state index contributed by atoms with van der Waals surface area (Å²) in [6.45, 7) is 12.7.